The minimum absolute atomic E-state index is 0.750. The van der Waals surface area contributed by atoms with Gasteiger partial charge in [-0.3, -0.25) is 5.21 Å². The Morgan fingerprint density at radius 3 is 2.00 bits per heavy atom. The van der Waals surface area contributed by atoms with E-state index in [0.29, 0.717) is 0 Å². The molecule has 0 aliphatic carbocycles. The van der Waals surface area contributed by atoms with Crippen molar-refractivity contribution in [2.45, 2.75) is 0 Å². The van der Waals surface area contributed by atoms with Crippen molar-refractivity contribution in [2.24, 2.45) is 5.11 Å². The van der Waals surface area contributed by atoms with Crippen LogP contribution in [-0.4, -0.2) is 24.2 Å². The normalized spacial score (nSPS) is 12.0. The molecule has 0 amide bonds. The summed E-state index contributed by atoms with van der Waals surface area (Å²) in [4.78, 5) is 0.750. The molecular weight excluding hydrogens is 68.0 g/mol. The van der Waals surface area contributed by atoms with Gasteiger partial charge in [-0.05, 0) is 0 Å². The second-order valence-electron chi connectivity index (χ2n) is 0.689. The van der Waals surface area contributed by atoms with Crippen molar-refractivity contribution >= 4 is 0 Å². The van der Waals surface area contributed by atoms with Gasteiger partial charge in [0.2, 0.25) is 7.05 Å². The lowest BCUT2D eigenvalue weighted by molar-refractivity contribution is -0.804. The van der Waals surface area contributed by atoms with Gasteiger partial charge in [0.1, 0.15) is 0 Å². The van der Waals surface area contributed by atoms with Crippen molar-refractivity contribution in [1.29, 1.82) is 0 Å². The van der Waals surface area contributed by atoms with Crippen LogP contribution in [0.2, 0.25) is 0 Å². The van der Waals surface area contributed by atoms with Gasteiger partial charge in [0, 0.05) is 5.11 Å². The molecule has 0 rings (SSSR count). The molecular formula is C2H7N2O+. The SMILES string of the molecule is C/N=[N+](\C)O. The van der Waals surface area contributed by atoms with E-state index in [9.17, 15) is 0 Å². The molecule has 30 valence electrons. The van der Waals surface area contributed by atoms with Crippen LogP contribution in [0.1, 0.15) is 0 Å². The predicted molar refractivity (Wildman–Crippen MR) is 16.3 cm³/mol. The number of hydroxylamine groups is 1. The highest BCUT2D eigenvalue weighted by Crippen LogP contribution is 1.50. The molecule has 0 aromatic carbocycles. The summed E-state index contributed by atoms with van der Waals surface area (Å²) in [6, 6.07) is 0. The third kappa shape index (κ3) is 3.40. The second-order valence-corrected chi connectivity index (χ2v) is 0.689. The van der Waals surface area contributed by atoms with Crippen LogP contribution in [0.4, 0.5) is 0 Å². The fraction of sp³-hybridized carbons (Fsp3) is 1.00. The van der Waals surface area contributed by atoms with E-state index >= 15 is 0 Å². The third-order valence-corrected chi connectivity index (χ3v) is 0.289. The number of nitrogens with zero attached hydrogens (tertiary/aromatic N) is 2. The molecule has 1 N–H and O–H groups in total. The van der Waals surface area contributed by atoms with Gasteiger partial charge in [-0.1, -0.05) is 0 Å². The fourth-order valence-corrected chi connectivity index (χ4v) is 0. The summed E-state index contributed by atoms with van der Waals surface area (Å²) in [5.74, 6) is 0. The summed E-state index contributed by atoms with van der Waals surface area (Å²) in [6.07, 6.45) is 0. The third-order valence-electron chi connectivity index (χ3n) is 0.289. The van der Waals surface area contributed by atoms with Crippen molar-refractivity contribution in [3.63, 3.8) is 0 Å². The molecule has 0 aliphatic heterocycles. The average molecular weight is 75.1 g/mol. The van der Waals surface area contributed by atoms with Gasteiger partial charge in [0.25, 0.3) is 0 Å². The van der Waals surface area contributed by atoms with E-state index in [-0.39, 0.29) is 0 Å². The monoisotopic (exact) mass is 75.1 g/mol. The van der Waals surface area contributed by atoms with Crippen LogP contribution < -0.4 is 0 Å². The largest absolute Gasteiger partial charge is 0.266 e. The van der Waals surface area contributed by atoms with E-state index < -0.39 is 0 Å². The molecule has 0 unspecified atom stereocenters. The minimum Gasteiger partial charge on any atom is -0.266 e. The molecule has 0 saturated carbocycles. The zero-order chi connectivity index (χ0) is 4.28. The molecule has 0 saturated heterocycles. The molecule has 0 aromatic heterocycles. The standard InChI is InChI=1S/C2H7N2O/c1-3-4(2)5/h1-2H3,(H,3,5)/q+1. The maximum absolute atomic E-state index is 8.03. The molecule has 0 aliphatic rings. The Morgan fingerprint density at radius 1 is 1.80 bits per heavy atom. The van der Waals surface area contributed by atoms with Crippen LogP contribution in [0.3, 0.4) is 0 Å². The van der Waals surface area contributed by atoms with E-state index in [2.05, 4.69) is 5.11 Å². The number of azo groups is 1. The molecule has 0 radical (unpaired) electrons. The zero-order valence-electron chi connectivity index (χ0n) is 3.34. The van der Waals surface area contributed by atoms with E-state index in [0.717, 1.165) is 4.86 Å². The quantitative estimate of drug-likeness (QED) is 0.247. The Kier molecular flexibility index (Phi) is 1.49. The first-order chi connectivity index (χ1) is 2.27. The van der Waals surface area contributed by atoms with Crippen molar-refractivity contribution in [3.8, 4) is 0 Å². The molecule has 5 heavy (non-hydrogen) atoms. The topological polar surface area (TPSA) is 35.6 Å². The van der Waals surface area contributed by atoms with Gasteiger partial charge in [-0.15, -0.1) is 0 Å². The number of hydrogen-bond donors (Lipinski definition) is 1. The molecule has 0 atom stereocenters. The maximum Gasteiger partial charge on any atom is 0.212 e. The van der Waals surface area contributed by atoms with Gasteiger partial charge < -0.3 is 0 Å². The van der Waals surface area contributed by atoms with E-state index in [1.165, 1.54) is 14.1 Å². The lowest BCUT2D eigenvalue weighted by Crippen LogP contribution is -1.89. The summed E-state index contributed by atoms with van der Waals surface area (Å²) in [5.41, 5.74) is 0. The van der Waals surface area contributed by atoms with Gasteiger partial charge >= 0.3 is 0 Å². The van der Waals surface area contributed by atoms with Crippen molar-refractivity contribution in [1.82, 2.24) is 0 Å². The Bertz CT molecular complexity index is 45.6. The van der Waals surface area contributed by atoms with Gasteiger partial charge in [0.05, 0.1) is 11.9 Å². The zero-order valence-corrected chi connectivity index (χ0v) is 3.34. The summed E-state index contributed by atoms with van der Waals surface area (Å²) in [5, 5.41) is 11.3. The van der Waals surface area contributed by atoms with Crippen LogP contribution >= 0.6 is 0 Å². The van der Waals surface area contributed by atoms with Gasteiger partial charge in [0.15, 0.2) is 0 Å². The number of hydrogen-bond acceptors (Lipinski definition) is 1. The first-order valence-corrected chi connectivity index (χ1v) is 1.29. The van der Waals surface area contributed by atoms with Crippen molar-refractivity contribution in [3.05, 3.63) is 0 Å². The fourth-order valence-electron chi connectivity index (χ4n) is 0. The lowest BCUT2D eigenvalue weighted by Gasteiger charge is -1.65. The molecule has 3 heteroatoms. The number of rotatable bonds is 0. The average Bonchev–Trinajstić information content (AvgIpc) is 1.38. The second kappa shape index (κ2) is 1.69. The summed E-state index contributed by atoms with van der Waals surface area (Å²) < 4.78 is 0. The Hall–Kier alpha value is -0.600. The highest BCUT2D eigenvalue weighted by atomic mass is 16.5. The molecule has 0 fully saturated rings. The Labute approximate surface area is 30.5 Å². The molecule has 0 bridgehead atoms. The predicted octanol–water partition coefficient (Wildman–Crippen LogP) is 0.0999. The first-order valence-electron chi connectivity index (χ1n) is 1.29. The highest BCUT2D eigenvalue weighted by Gasteiger charge is 1.71. The molecule has 0 heterocycles. The molecule has 0 aromatic rings. The van der Waals surface area contributed by atoms with Crippen LogP contribution in [0.15, 0.2) is 5.11 Å². The van der Waals surface area contributed by atoms with Crippen molar-refractivity contribution in [2.75, 3.05) is 14.1 Å². The Balaban J connectivity index is 3.14. The van der Waals surface area contributed by atoms with Gasteiger partial charge in [-0.2, -0.15) is 0 Å². The van der Waals surface area contributed by atoms with E-state index in [4.69, 9.17) is 5.21 Å². The molecule has 3 nitrogen and oxygen atoms in total. The first kappa shape index (κ1) is 4.40. The highest BCUT2D eigenvalue weighted by molar-refractivity contribution is 3.71. The summed E-state index contributed by atoms with van der Waals surface area (Å²) >= 11 is 0. The van der Waals surface area contributed by atoms with Crippen LogP contribution in [0.5, 0.6) is 0 Å². The molecule has 0 spiro atoms. The summed E-state index contributed by atoms with van der Waals surface area (Å²) in [6.45, 7) is 0. The van der Waals surface area contributed by atoms with Crippen molar-refractivity contribution < 1.29 is 10.1 Å². The van der Waals surface area contributed by atoms with Crippen LogP contribution in [0.25, 0.3) is 0 Å². The smallest absolute Gasteiger partial charge is 0.212 e. The van der Waals surface area contributed by atoms with Crippen LogP contribution in [-0.2, 0) is 0 Å². The van der Waals surface area contributed by atoms with E-state index in [1.807, 2.05) is 0 Å². The summed E-state index contributed by atoms with van der Waals surface area (Å²) in [7, 11) is 2.94. The lowest BCUT2D eigenvalue weighted by atomic mass is 11.4. The Morgan fingerprint density at radius 2 is 2.00 bits per heavy atom. The maximum atomic E-state index is 8.03. The van der Waals surface area contributed by atoms with E-state index in [1.54, 1.807) is 0 Å². The minimum atomic E-state index is 0.750. The van der Waals surface area contributed by atoms with Crippen LogP contribution in [0, 0.1) is 0 Å². The van der Waals surface area contributed by atoms with Gasteiger partial charge in [-0.25, -0.2) is 0 Å².